The topological polar surface area (TPSA) is 50.2 Å². The number of rotatable bonds is 5. The number of urea groups is 1. The Morgan fingerprint density at radius 2 is 2.17 bits per heavy atom. The minimum absolute atomic E-state index is 0.0212. The van der Waals surface area contributed by atoms with E-state index in [4.69, 9.17) is 0 Å². The molecule has 7 heteroatoms. The molecule has 0 fully saturated rings. The van der Waals surface area contributed by atoms with Crippen LogP contribution in [0.4, 0.5) is 13.6 Å². The summed E-state index contributed by atoms with van der Waals surface area (Å²) < 4.78 is 26.3. The van der Waals surface area contributed by atoms with E-state index in [9.17, 15) is 13.6 Å². The van der Waals surface area contributed by atoms with Crippen molar-refractivity contribution in [1.82, 2.24) is 19.8 Å². The first kappa shape index (κ1) is 16.4. The normalized spacial score (nSPS) is 13.2. The summed E-state index contributed by atoms with van der Waals surface area (Å²) in [5, 5.41) is 2.81. The average molecular weight is 334 g/mol. The number of carbonyl (C=O) groups is 1. The third-order valence-corrected chi connectivity index (χ3v) is 4.29. The maximum Gasteiger partial charge on any atom is 0.319 e. The molecule has 0 aliphatic heterocycles. The lowest BCUT2D eigenvalue weighted by Crippen LogP contribution is -2.37. The Morgan fingerprint density at radius 3 is 2.96 bits per heavy atom. The van der Waals surface area contributed by atoms with Gasteiger partial charge in [0.1, 0.15) is 5.82 Å². The maximum atomic E-state index is 12.8. The number of amides is 2. The van der Waals surface area contributed by atoms with Gasteiger partial charge in [-0.25, -0.2) is 9.78 Å². The van der Waals surface area contributed by atoms with Crippen molar-refractivity contribution < 1.29 is 13.6 Å². The maximum absolute atomic E-state index is 12.8. The van der Waals surface area contributed by atoms with Crippen LogP contribution in [-0.2, 0) is 25.9 Å². The van der Waals surface area contributed by atoms with Crippen molar-refractivity contribution in [3.05, 3.63) is 53.1 Å². The fraction of sp³-hybridized carbons (Fsp3) is 0.412. The average Bonchev–Trinajstić information content (AvgIpc) is 3.20. The highest BCUT2D eigenvalue weighted by Crippen LogP contribution is 2.22. The molecule has 0 atom stereocenters. The molecule has 1 heterocycles. The van der Waals surface area contributed by atoms with E-state index in [0.717, 1.165) is 23.0 Å². The number of fused-ring (bicyclic) bond motifs is 1. The van der Waals surface area contributed by atoms with Gasteiger partial charge in [-0.2, -0.15) is 8.78 Å². The summed E-state index contributed by atoms with van der Waals surface area (Å²) in [6.07, 6.45) is 5.91. The second-order valence-electron chi connectivity index (χ2n) is 6.00. The lowest BCUT2D eigenvalue weighted by Gasteiger charge is -2.18. The van der Waals surface area contributed by atoms with Crippen LogP contribution in [0.3, 0.4) is 0 Å². The highest BCUT2D eigenvalue weighted by atomic mass is 19.3. The molecule has 0 radical (unpaired) electrons. The fourth-order valence-corrected chi connectivity index (χ4v) is 2.98. The minimum atomic E-state index is -2.66. The minimum Gasteiger partial charge on any atom is -0.334 e. The van der Waals surface area contributed by atoms with Gasteiger partial charge in [0.05, 0.1) is 6.54 Å². The summed E-state index contributed by atoms with van der Waals surface area (Å²) in [5.74, 6) is 0.153. The molecule has 1 aromatic heterocycles. The zero-order valence-corrected chi connectivity index (χ0v) is 13.5. The first-order valence-corrected chi connectivity index (χ1v) is 7.94. The Balaban J connectivity index is 1.55. The zero-order chi connectivity index (χ0) is 17.1. The molecule has 0 saturated carbocycles. The van der Waals surface area contributed by atoms with Crippen molar-refractivity contribution in [3.63, 3.8) is 0 Å². The number of imidazole rings is 1. The second kappa shape index (κ2) is 6.98. The Kier molecular flexibility index (Phi) is 4.78. The molecule has 0 saturated heterocycles. The Bertz CT molecular complexity index is 729. The molecular weight excluding hydrogens is 314 g/mol. The van der Waals surface area contributed by atoms with Crippen LogP contribution in [0, 0.1) is 0 Å². The van der Waals surface area contributed by atoms with E-state index in [2.05, 4.69) is 22.4 Å². The molecule has 1 aliphatic rings. The van der Waals surface area contributed by atoms with Crippen molar-refractivity contribution in [1.29, 1.82) is 0 Å². The number of nitrogens with one attached hydrogen (secondary N) is 1. The highest BCUT2D eigenvalue weighted by Gasteiger charge is 2.16. The van der Waals surface area contributed by atoms with Gasteiger partial charge in [-0.3, -0.25) is 4.57 Å². The van der Waals surface area contributed by atoms with E-state index in [1.54, 1.807) is 7.05 Å². The highest BCUT2D eigenvalue weighted by molar-refractivity contribution is 5.73. The van der Waals surface area contributed by atoms with Crippen molar-refractivity contribution >= 4 is 6.03 Å². The number of benzene rings is 1. The van der Waals surface area contributed by atoms with Crippen LogP contribution >= 0.6 is 0 Å². The van der Waals surface area contributed by atoms with Crippen LogP contribution in [0.15, 0.2) is 30.6 Å². The number of hydrogen-bond acceptors (Lipinski definition) is 2. The zero-order valence-electron chi connectivity index (χ0n) is 13.5. The molecule has 5 nitrogen and oxygen atoms in total. The quantitative estimate of drug-likeness (QED) is 0.913. The van der Waals surface area contributed by atoms with E-state index in [1.165, 1.54) is 34.8 Å². The predicted molar refractivity (Wildman–Crippen MR) is 85.6 cm³/mol. The van der Waals surface area contributed by atoms with Crippen LogP contribution in [0.25, 0.3) is 0 Å². The van der Waals surface area contributed by atoms with E-state index in [1.807, 2.05) is 6.07 Å². The monoisotopic (exact) mass is 334 g/mol. The van der Waals surface area contributed by atoms with Gasteiger partial charge in [-0.05, 0) is 36.0 Å². The number of aryl methyl sites for hydroxylation is 2. The van der Waals surface area contributed by atoms with Gasteiger partial charge in [0.25, 0.3) is 0 Å². The lowest BCUT2D eigenvalue weighted by atomic mass is 10.1. The van der Waals surface area contributed by atoms with Crippen LogP contribution < -0.4 is 5.32 Å². The van der Waals surface area contributed by atoms with Crippen molar-refractivity contribution in [2.45, 2.75) is 38.9 Å². The molecule has 0 bridgehead atoms. The largest absolute Gasteiger partial charge is 0.334 e. The van der Waals surface area contributed by atoms with Gasteiger partial charge in [0.15, 0.2) is 0 Å². The van der Waals surface area contributed by atoms with E-state index >= 15 is 0 Å². The van der Waals surface area contributed by atoms with Crippen LogP contribution in [0.2, 0.25) is 0 Å². The van der Waals surface area contributed by atoms with Crippen LogP contribution in [0.1, 0.15) is 35.5 Å². The van der Waals surface area contributed by atoms with Crippen molar-refractivity contribution in [2.24, 2.45) is 0 Å². The van der Waals surface area contributed by atoms with Crippen LogP contribution in [-0.4, -0.2) is 27.5 Å². The summed E-state index contributed by atoms with van der Waals surface area (Å²) >= 11 is 0. The number of nitrogens with zero attached hydrogens (tertiary/aromatic N) is 3. The predicted octanol–water partition coefficient (Wildman–Crippen LogP) is 3.11. The number of aromatic nitrogens is 2. The molecule has 0 unspecified atom stereocenters. The van der Waals surface area contributed by atoms with E-state index < -0.39 is 6.55 Å². The smallest absolute Gasteiger partial charge is 0.319 e. The summed E-state index contributed by atoms with van der Waals surface area (Å²) in [4.78, 5) is 17.4. The molecule has 24 heavy (non-hydrogen) atoms. The number of halogens is 2. The lowest BCUT2D eigenvalue weighted by molar-refractivity contribution is 0.0651. The second-order valence-corrected chi connectivity index (χ2v) is 6.00. The van der Waals surface area contributed by atoms with Crippen molar-refractivity contribution in [2.75, 3.05) is 7.05 Å². The van der Waals surface area contributed by atoms with Gasteiger partial charge in [0, 0.05) is 26.0 Å². The van der Waals surface area contributed by atoms with Gasteiger partial charge in [-0.15, -0.1) is 0 Å². The van der Waals surface area contributed by atoms with Crippen LogP contribution in [0.5, 0.6) is 0 Å². The third kappa shape index (κ3) is 3.55. The molecular formula is C17H20F2N4O. The van der Waals surface area contributed by atoms with Gasteiger partial charge >= 0.3 is 12.6 Å². The molecule has 1 aromatic carbocycles. The summed E-state index contributed by atoms with van der Waals surface area (Å²) in [5.41, 5.74) is 3.79. The first-order valence-electron chi connectivity index (χ1n) is 7.94. The van der Waals surface area contributed by atoms with Gasteiger partial charge in [-0.1, -0.05) is 18.2 Å². The van der Waals surface area contributed by atoms with Gasteiger partial charge < -0.3 is 10.2 Å². The molecule has 1 N–H and O–H groups in total. The number of carbonyl (C=O) groups excluding carboxylic acids is 1. The Morgan fingerprint density at radius 1 is 1.38 bits per heavy atom. The fourth-order valence-electron chi connectivity index (χ4n) is 2.98. The summed E-state index contributed by atoms with van der Waals surface area (Å²) in [6.45, 7) is -2.22. The molecule has 128 valence electrons. The Labute approximate surface area is 139 Å². The Hall–Kier alpha value is -2.44. The number of hydrogen-bond donors (Lipinski definition) is 1. The molecule has 1 aliphatic carbocycles. The number of alkyl halides is 2. The third-order valence-electron chi connectivity index (χ3n) is 4.29. The molecule has 3 rings (SSSR count). The summed E-state index contributed by atoms with van der Waals surface area (Å²) in [6, 6.07) is 5.95. The van der Waals surface area contributed by atoms with E-state index in [0.29, 0.717) is 6.54 Å². The first-order chi connectivity index (χ1) is 11.5. The molecule has 2 amide bonds. The molecule has 0 spiro atoms. The standard InChI is InChI=1S/C17H20F2N4O/c1-22(11-15-20-7-8-23(15)16(18)19)17(24)21-10-12-5-6-13-3-2-4-14(13)9-12/h5-9,16H,2-4,10-11H2,1H3,(H,21,24). The van der Waals surface area contributed by atoms with Crippen molar-refractivity contribution in [3.8, 4) is 0 Å². The molecule has 2 aromatic rings. The van der Waals surface area contributed by atoms with Gasteiger partial charge in [0.2, 0.25) is 0 Å². The van der Waals surface area contributed by atoms with E-state index in [-0.39, 0.29) is 18.4 Å². The summed E-state index contributed by atoms with van der Waals surface area (Å²) in [7, 11) is 1.56. The SMILES string of the molecule is CN(Cc1nccn1C(F)F)C(=O)NCc1ccc2c(c1)CCC2.